The van der Waals surface area contributed by atoms with Crippen molar-refractivity contribution in [2.45, 2.75) is 37.1 Å². The Bertz CT molecular complexity index is 633. The van der Waals surface area contributed by atoms with Gasteiger partial charge in [0.1, 0.15) is 5.54 Å². The Hall–Kier alpha value is -0.820. The fraction of sp³-hybridized carbons (Fsp3) is 0.462. The van der Waals surface area contributed by atoms with Gasteiger partial charge in [-0.05, 0) is 31.5 Å². The second kappa shape index (κ2) is 6.96. The highest BCUT2D eigenvalue weighted by Crippen LogP contribution is 2.26. The van der Waals surface area contributed by atoms with Crippen molar-refractivity contribution in [3.8, 4) is 0 Å². The van der Waals surface area contributed by atoms with Crippen LogP contribution in [-0.2, 0) is 19.6 Å². The van der Waals surface area contributed by atoms with Crippen LogP contribution < -0.4 is 4.72 Å². The molecule has 8 heteroatoms. The molecule has 1 atom stereocenters. The Labute approximate surface area is 134 Å². The second-order valence-electron chi connectivity index (χ2n) is 4.76. The number of carbonyl (C=O) groups is 1. The van der Waals surface area contributed by atoms with Gasteiger partial charge in [0.25, 0.3) is 0 Å². The zero-order valence-corrected chi connectivity index (χ0v) is 14.3. The van der Waals surface area contributed by atoms with E-state index in [1.807, 2.05) is 6.92 Å². The summed E-state index contributed by atoms with van der Waals surface area (Å²) in [7, 11) is -2.72. The SMILES string of the molecule is CCCC(C)(NS(=O)(=O)c1ccc(Cl)c(Cl)c1)C(=O)OC. The van der Waals surface area contributed by atoms with E-state index in [0.717, 1.165) is 0 Å². The average Bonchev–Trinajstić information content (AvgIpc) is 2.40. The van der Waals surface area contributed by atoms with Gasteiger partial charge in [-0.2, -0.15) is 4.72 Å². The number of benzene rings is 1. The van der Waals surface area contributed by atoms with Crippen LogP contribution in [0.4, 0.5) is 0 Å². The van der Waals surface area contributed by atoms with Crippen molar-refractivity contribution in [3.63, 3.8) is 0 Å². The molecular formula is C13H17Cl2NO4S. The van der Waals surface area contributed by atoms with Gasteiger partial charge in [0, 0.05) is 0 Å². The first-order valence-corrected chi connectivity index (χ1v) is 8.47. The summed E-state index contributed by atoms with van der Waals surface area (Å²) < 4.78 is 31.8. The molecule has 0 amide bonds. The lowest BCUT2D eigenvalue weighted by molar-refractivity contribution is -0.147. The van der Waals surface area contributed by atoms with Gasteiger partial charge in [0.2, 0.25) is 10.0 Å². The number of sulfonamides is 1. The molecule has 1 aromatic carbocycles. The molecule has 0 bridgehead atoms. The predicted octanol–water partition coefficient (Wildman–Crippen LogP) is 3.00. The van der Waals surface area contributed by atoms with Gasteiger partial charge >= 0.3 is 5.97 Å². The van der Waals surface area contributed by atoms with Crippen LogP contribution in [0.3, 0.4) is 0 Å². The summed E-state index contributed by atoms with van der Waals surface area (Å²) in [5, 5.41) is 0.370. The van der Waals surface area contributed by atoms with Crippen LogP contribution in [-0.4, -0.2) is 27.0 Å². The van der Waals surface area contributed by atoms with Crippen molar-refractivity contribution in [1.82, 2.24) is 4.72 Å². The fourth-order valence-corrected chi connectivity index (χ4v) is 3.70. The molecule has 118 valence electrons. The highest BCUT2D eigenvalue weighted by molar-refractivity contribution is 7.89. The fourth-order valence-electron chi connectivity index (χ4n) is 1.92. The van der Waals surface area contributed by atoms with E-state index in [0.29, 0.717) is 12.8 Å². The largest absolute Gasteiger partial charge is 0.468 e. The maximum absolute atomic E-state index is 12.4. The highest BCUT2D eigenvalue weighted by Gasteiger charge is 2.38. The van der Waals surface area contributed by atoms with Crippen molar-refractivity contribution in [1.29, 1.82) is 0 Å². The van der Waals surface area contributed by atoms with E-state index >= 15 is 0 Å². The summed E-state index contributed by atoms with van der Waals surface area (Å²) in [6.07, 6.45) is 0.912. The molecule has 0 aromatic heterocycles. The molecule has 1 unspecified atom stereocenters. The van der Waals surface area contributed by atoms with Crippen LogP contribution in [0, 0.1) is 0 Å². The summed E-state index contributed by atoms with van der Waals surface area (Å²) in [6.45, 7) is 3.33. The molecule has 21 heavy (non-hydrogen) atoms. The zero-order valence-electron chi connectivity index (χ0n) is 11.9. The molecule has 1 rings (SSSR count). The number of hydrogen-bond acceptors (Lipinski definition) is 4. The van der Waals surface area contributed by atoms with Gasteiger partial charge in [0.05, 0.1) is 22.1 Å². The first-order chi connectivity index (χ1) is 9.66. The smallest absolute Gasteiger partial charge is 0.326 e. The number of esters is 1. The zero-order chi connectivity index (χ0) is 16.3. The van der Waals surface area contributed by atoms with Crippen molar-refractivity contribution < 1.29 is 17.9 Å². The summed E-state index contributed by atoms with van der Waals surface area (Å²) in [6, 6.07) is 3.93. The van der Waals surface area contributed by atoms with E-state index in [2.05, 4.69) is 9.46 Å². The average molecular weight is 354 g/mol. The van der Waals surface area contributed by atoms with Gasteiger partial charge in [-0.1, -0.05) is 36.5 Å². The van der Waals surface area contributed by atoms with Crippen LogP contribution >= 0.6 is 23.2 Å². The minimum absolute atomic E-state index is 0.0665. The molecule has 1 aromatic rings. The first-order valence-electron chi connectivity index (χ1n) is 6.23. The molecule has 0 saturated heterocycles. The van der Waals surface area contributed by atoms with Gasteiger partial charge in [-0.3, -0.25) is 4.79 Å². The molecule has 0 saturated carbocycles. The third-order valence-corrected chi connectivity index (χ3v) is 5.28. The van der Waals surface area contributed by atoms with Crippen LogP contribution in [0.15, 0.2) is 23.1 Å². The molecule has 0 aliphatic carbocycles. The van der Waals surface area contributed by atoms with E-state index in [-0.39, 0.29) is 14.9 Å². The summed E-state index contributed by atoms with van der Waals surface area (Å²) in [5.41, 5.74) is -1.34. The quantitative estimate of drug-likeness (QED) is 0.797. The molecule has 1 N–H and O–H groups in total. The molecule has 0 fully saturated rings. The number of hydrogen-bond donors (Lipinski definition) is 1. The minimum Gasteiger partial charge on any atom is -0.468 e. The van der Waals surface area contributed by atoms with Gasteiger partial charge in [-0.15, -0.1) is 0 Å². The van der Waals surface area contributed by atoms with E-state index in [4.69, 9.17) is 23.2 Å². The number of methoxy groups -OCH3 is 1. The summed E-state index contributed by atoms with van der Waals surface area (Å²) in [5.74, 6) is -0.645. The maximum atomic E-state index is 12.4. The molecule has 5 nitrogen and oxygen atoms in total. The van der Waals surface area contributed by atoms with Crippen LogP contribution in [0.2, 0.25) is 10.0 Å². The monoisotopic (exact) mass is 353 g/mol. The van der Waals surface area contributed by atoms with Gasteiger partial charge in [-0.25, -0.2) is 8.42 Å². The highest BCUT2D eigenvalue weighted by atomic mass is 35.5. The third-order valence-electron chi connectivity index (χ3n) is 2.95. The lowest BCUT2D eigenvalue weighted by Crippen LogP contribution is -2.52. The Morgan fingerprint density at radius 1 is 1.33 bits per heavy atom. The number of ether oxygens (including phenoxy) is 1. The Kier molecular flexibility index (Phi) is 6.04. The lowest BCUT2D eigenvalue weighted by atomic mass is 9.98. The normalized spacial score (nSPS) is 14.5. The molecule has 0 aliphatic heterocycles. The van der Waals surface area contributed by atoms with Gasteiger partial charge in [0.15, 0.2) is 0 Å². The van der Waals surface area contributed by atoms with E-state index in [1.165, 1.54) is 32.2 Å². The van der Waals surface area contributed by atoms with Crippen LogP contribution in [0.5, 0.6) is 0 Å². The van der Waals surface area contributed by atoms with Crippen LogP contribution in [0.1, 0.15) is 26.7 Å². The molecular weight excluding hydrogens is 337 g/mol. The molecule has 0 spiro atoms. The van der Waals surface area contributed by atoms with Crippen molar-refractivity contribution >= 4 is 39.2 Å². The number of rotatable bonds is 6. The maximum Gasteiger partial charge on any atom is 0.326 e. The molecule has 0 radical (unpaired) electrons. The van der Waals surface area contributed by atoms with E-state index in [1.54, 1.807) is 0 Å². The van der Waals surface area contributed by atoms with Crippen molar-refractivity contribution in [2.24, 2.45) is 0 Å². The third kappa shape index (κ3) is 4.32. The predicted molar refractivity (Wildman–Crippen MR) is 82.1 cm³/mol. The summed E-state index contributed by atoms with van der Waals surface area (Å²) >= 11 is 11.6. The standard InChI is InChI=1S/C13H17Cl2NO4S/c1-4-7-13(2,12(17)20-3)16-21(18,19)9-5-6-10(14)11(15)8-9/h5-6,8,16H,4,7H2,1-3H3. The Morgan fingerprint density at radius 3 is 2.43 bits per heavy atom. The minimum atomic E-state index is -3.93. The number of halogens is 2. The number of nitrogens with one attached hydrogen (secondary N) is 1. The lowest BCUT2D eigenvalue weighted by Gasteiger charge is -2.27. The first kappa shape index (κ1) is 18.2. The number of carbonyl (C=O) groups excluding carboxylic acids is 1. The topological polar surface area (TPSA) is 72.5 Å². The summed E-state index contributed by atoms with van der Waals surface area (Å²) in [4.78, 5) is 11.8. The Balaban J connectivity index is 3.17. The Morgan fingerprint density at radius 2 is 1.95 bits per heavy atom. The second-order valence-corrected chi connectivity index (χ2v) is 7.25. The van der Waals surface area contributed by atoms with Crippen molar-refractivity contribution in [3.05, 3.63) is 28.2 Å². The van der Waals surface area contributed by atoms with Crippen LogP contribution in [0.25, 0.3) is 0 Å². The van der Waals surface area contributed by atoms with Gasteiger partial charge < -0.3 is 4.74 Å². The van der Waals surface area contributed by atoms with Crippen molar-refractivity contribution in [2.75, 3.05) is 7.11 Å². The molecule has 0 aliphatic rings. The van der Waals surface area contributed by atoms with E-state index < -0.39 is 21.5 Å². The van der Waals surface area contributed by atoms with E-state index in [9.17, 15) is 13.2 Å². The molecule has 0 heterocycles.